The number of ether oxygens (including phenoxy) is 1. The number of hydrogen-bond donors (Lipinski definition) is 0. The first-order valence-corrected chi connectivity index (χ1v) is 7.29. The van der Waals surface area contributed by atoms with E-state index in [4.69, 9.17) is 4.74 Å². The van der Waals surface area contributed by atoms with Crippen LogP contribution in [-0.4, -0.2) is 24.6 Å². The summed E-state index contributed by atoms with van der Waals surface area (Å²) in [5.74, 6) is 1.16. The molecule has 2 aliphatic heterocycles. The molecule has 0 bridgehead atoms. The Bertz CT molecular complexity index is 413. The topological polar surface area (TPSA) is 12.5 Å². The molecule has 0 amide bonds. The second kappa shape index (κ2) is 4.99. The van der Waals surface area contributed by atoms with Crippen molar-refractivity contribution in [3.05, 3.63) is 27.7 Å². The van der Waals surface area contributed by atoms with Crippen LogP contribution in [0.4, 0.5) is 0 Å². The van der Waals surface area contributed by atoms with Gasteiger partial charge >= 0.3 is 0 Å². The quantitative estimate of drug-likeness (QED) is 0.829. The lowest BCUT2D eigenvalue weighted by Crippen LogP contribution is -2.20. The summed E-state index contributed by atoms with van der Waals surface area (Å²) in [6.45, 7) is 4.39. The fourth-order valence-electron chi connectivity index (χ4n) is 2.82. The van der Waals surface area contributed by atoms with E-state index < -0.39 is 0 Å². The van der Waals surface area contributed by atoms with Crippen molar-refractivity contribution in [1.29, 1.82) is 0 Å². The number of aryl methyl sites for hydroxylation is 1. The van der Waals surface area contributed by atoms with Gasteiger partial charge in [-0.2, -0.15) is 0 Å². The molecule has 1 saturated heterocycles. The highest BCUT2D eigenvalue weighted by Crippen LogP contribution is 2.33. The van der Waals surface area contributed by atoms with Crippen molar-refractivity contribution in [2.75, 3.05) is 19.7 Å². The largest absolute Gasteiger partial charge is 0.493 e. The third-order valence-electron chi connectivity index (χ3n) is 3.64. The summed E-state index contributed by atoms with van der Waals surface area (Å²) < 4.78 is 7.06. The normalized spacial score (nSPS) is 20.1. The van der Waals surface area contributed by atoms with Gasteiger partial charge in [0.2, 0.25) is 0 Å². The smallest absolute Gasteiger partial charge is 0.127 e. The Morgan fingerprint density at radius 3 is 2.82 bits per heavy atom. The molecule has 1 aromatic rings. The van der Waals surface area contributed by atoms with Crippen molar-refractivity contribution in [3.63, 3.8) is 0 Å². The molecule has 0 spiro atoms. The van der Waals surface area contributed by atoms with E-state index in [1.807, 2.05) is 0 Å². The molecule has 92 valence electrons. The Morgan fingerprint density at radius 1 is 1.18 bits per heavy atom. The summed E-state index contributed by atoms with van der Waals surface area (Å²) >= 11 is 3.62. The van der Waals surface area contributed by atoms with Gasteiger partial charge in [-0.25, -0.2) is 0 Å². The molecular weight excluding hydrogens is 278 g/mol. The van der Waals surface area contributed by atoms with Gasteiger partial charge < -0.3 is 4.74 Å². The number of benzene rings is 1. The Balaban J connectivity index is 1.88. The SMILES string of the molecule is Brc1cc2c(c(CN3CCCC3)c1)OCCC2. The lowest BCUT2D eigenvalue weighted by atomic mass is 10.0. The number of likely N-dealkylation sites (tertiary alicyclic amines) is 1. The zero-order valence-electron chi connectivity index (χ0n) is 10.0. The van der Waals surface area contributed by atoms with Crippen LogP contribution in [0.15, 0.2) is 16.6 Å². The highest BCUT2D eigenvalue weighted by molar-refractivity contribution is 9.10. The number of rotatable bonds is 2. The van der Waals surface area contributed by atoms with Gasteiger partial charge in [0.1, 0.15) is 5.75 Å². The van der Waals surface area contributed by atoms with Crippen LogP contribution in [-0.2, 0) is 13.0 Å². The number of halogens is 1. The third kappa shape index (κ3) is 2.50. The molecule has 3 rings (SSSR count). The molecular formula is C14H18BrNO. The van der Waals surface area contributed by atoms with Crippen LogP contribution in [0.2, 0.25) is 0 Å². The fraction of sp³-hybridized carbons (Fsp3) is 0.571. The van der Waals surface area contributed by atoms with E-state index in [2.05, 4.69) is 33.0 Å². The predicted molar refractivity (Wildman–Crippen MR) is 72.5 cm³/mol. The van der Waals surface area contributed by atoms with Crippen LogP contribution in [0, 0.1) is 0 Å². The summed E-state index contributed by atoms with van der Waals surface area (Å²) in [6.07, 6.45) is 4.99. The van der Waals surface area contributed by atoms with Crippen LogP contribution < -0.4 is 4.74 Å². The second-order valence-corrected chi connectivity index (χ2v) is 5.90. The van der Waals surface area contributed by atoms with Crippen molar-refractivity contribution in [1.82, 2.24) is 4.90 Å². The van der Waals surface area contributed by atoms with Gasteiger partial charge in [0.05, 0.1) is 6.61 Å². The summed E-state index contributed by atoms with van der Waals surface area (Å²) in [7, 11) is 0. The van der Waals surface area contributed by atoms with Crippen LogP contribution in [0.1, 0.15) is 30.4 Å². The van der Waals surface area contributed by atoms with E-state index in [9.17, 15) is 0 Å². The third-order valence-corrected chi connectivity index (χ3v) is 4.09. The standard InChI is InChI=1S/C14H18BrNO/c15-13-8-11-4-3-7-17-14(11)12(9-13)10-16-5-1-2-6-16/h8-9H,1-7,10H2. The van der Waals surface area contributed by atoms with E-state index in [0.717, 1.165) is 31.7 Å². The van der Waals surface area contributed by atoms with Crippen molar-refractivity contribution in [2.24, 2.45) is 0 Å². The molecule has 1 fully saturated rings. The van der Waals surface area contributed by atoms with Crippen LogP contribution in [0.3, 0.4) is 0 Å². The minimum atomic E-state index is 0.877. The molecule has 0 aliphatic carbocycles. The van der Waals surface area contributed by atoms with Crippen molar-refractivity contribution >= 4 is 15.9 Å². The second-order valence-electron chi connectivity index (χ2n) is 4.99. The van der Waals surface area contributed by atoms with Gasteiger partial charge in [0.25, 0.3) is 0 Å². The van der Waals surface area contributed by atoms with Gasteiger partial charge in [0.15, 0.2) is 0 Å². The maximum Gasteiger partial charge on any atom is 0.127 e. The fourth-order valence-corrected chi connectivity index (χ4v) is 3.37. The minimum Gasteiger partial charge on any atom is -0.493 e. The first kappa shape index (κ1) is 11.5. The van der Waals surface area contributed by atoms with Gasteiger partial charge in [0, 0.05) is 16.6 Å². The molecule has 0 saturated carbocycles. The lowest BCUT2D eigenvalue weighted by molar-refractivity contribution is 0.272. The molecule has 2 heterocycles. The highest BCUT2D eigenvalue weighted by atomic mass is 79.9. The highest BCUT2D eigenvalue weighted by Gasteiger charge is 2.19. The lowest BCUT2D eigenvalue weighted by Gasteiger charge is -2.23. The monoisotopic (exact) mass is 295 g/mol. The Labute approximate surface area is 111 Å². The van der Waals surface area contributed by atoms with E-state index in [-0.39, 0.29) is 0 Å². The van der Waals surface area contributed by atoms with Crippen molar-refractivity contribution in [2.45, 2.75) is 32.2 Å². The van der Waals surface area contributed by atoms with E-state index in [1.165, 1.54) is 41.5 Å². The van der Waals surface area contributed by atoms with Crippen LogP contribution in [0.25, 0.3) is 0 Å². The Hall–Kier alpha value is -0.540. The molecule has 3 heteroatoms. The molecule has 0 aromatic heterocycles. The number of hydrogen-bond acceptors (Lipinski definition) is 2. The molecule has 0 radical (unpaired) electrons. The van der Waals surface area contributed by atoms with E-state index in [1.54, 1.807) is 0 Å². The first-order chi connectivity index (χ1) is 8.33. The van der Waals surface area contributed by atoms with E-state index in [0.29, 0.717) is 0 Å². The summed E-state index contributed by atoms with van der Waals surface area (Å²) in [5, 5.41) is 0. The molecule has 0 N–H and O–H groups in total. The average molecular weight is 296 g/mol. The molecule has 1 aromatic carbocycles. The van der Waals surface area contributed by atoms with Crippen LogP contribution >= 0.6 is 15.9 Å². The minimum absolute atomic E-state index is 0.877. The maximum absolute atomic E-state index is 5.87. The number of nitrogens with zero attached hydrogens (tertiary/aromatic N) is 1. The first-order valence-electron chi connectivity index (χ1n) is 6.49. The zero-order valence-corrected chi connectivity index (χ0v) is 11.6. The molecule has 0 atom stereocenters. The molecule has 0 unspecified atom stereocenters. The number of fused-ring (bicyclic) bond motifs is 1. The summed E-state index contributed by atoms with van der Waals surface area (Å²) in [4.78, 5) is 2.53. The van der Waals surface area contributed by atoms with Gasteiger partial charge in [-0.1, -0.05) is 15.9 Å². The van der Waals surface area contributed by atoms with Crippen LogP contribution in [0.5, 0.6) is 5.75 Å². The molecule has 17 heavy (non-hydrogen) atoms. The molecule has 2 aliphatic rings. The van der Waals surface area contributed by atoms with Crippen molar-refractivity contribution < 1.29 is 4.74 Å². The average Bonchev–Trinajstić information content (AvgIpc) is 2.81. The summed E-state index contributed by atoms with van der Waals surface area (Å²) in [5.41, 5.74) is 2.73. The maximum atomic E-state index is 5.87. The van der Waals surface area contributed by atoms with Gasteiger partial charge in [-0.3, -0.25) is 4.90 Å². The predicted octanol–water partition coefficient (Wildman–Crippen LogP) is 3.37. The van der Waals surface area contributed by atoms with Gasteiger partial charge in [-0.15, -0.1) is 0 Å². The molecule has 2 nitrogen and oxygen atoms in total. The van der Waals surface area contributed by atoms with Gasteiger partial charge in [-0.05, 0) is 56.5 Å². The zero-order chi connectivity index (χ0) is 11.7. The van der Waals surface area contributed by atoms with Crippen molar-refractivity contribution in [3.8, 4) is 5.75 Å². The Morgan fingerprint density at radius 2 is 2.00 bits per heavy atom. The van der Waals surface area contributed by atoms with E-state index >= 15 is 0 Å². The summed E-state index contributed by atoms with van der Waals surface area (Å²) in [6, 6.07) is 4.43. The Kier molecular flexibility index (Phi) is 3.39.